The van der Waals surface area contributed by atoms with Crippen LogP contribution in [0.1, 0.15) is 32.5 Å². The molecular formula is C16H18N4O3. The number of hydrogen-bond acceptors (Lipinski definition) is 6. The van der Waals surface area contributed by atoms with Gasteiger partial charge >= 0.3 is 0 Å². The van der Waals surface area contributed by atoms with E-state index >= 15 is 0 Å². The zero-order chi connectivity index (χ0) is 16.2. The van der Waals surface area contributed by atoms with Gasteiger partial charge in [0.2, 0.25) is 0 Å². The van der Waals surface area contributed by atoms with Crippen molar-refractivity contribution in [3.63, 3.8) is 0 Å². The zero-order valence-corrected chi connectivity index (χ0v) is 13.2. The van der Waals surface area contributed by atoms with Crippen molar-refractivity contribution in [3.05, 3.63) is 41.1 Å². The monoisotopic (exact) mass is 314 g/mol. The number of hydrogen-bond donors (Lipinski definition) is 0. The molecule has 0 radical (unpaired) electrons. The van der Waals surface area contributed by atoms with Crippen LogP contribution in [-0.2, 0) is 14.3 Å². The molecule has 7 nitrogen and oxygen atoms in total. The Labute approximate surface area is 134 Å². The first-order valence-electron chi connectivity index (χ1n) is 7.71. The Morgan fingerprint density at radius 2 is 2.00 bits per heavy atom. The summed E-state index contributed by atoms with van der Waals surface area (Å²) < 4.78 is 12.9. The zero-order valence-electron chi connectivity index (χ0n) is 13.2. The van der Waals surface area contributed by atoms with E-state index in [1.807, 2.05) is 26.0 Å². The van der Waals surface area contributed by atoms with Crippen molar-refractivity contribution in [2.24, 2.45) is 0 Å². The quantitative estimate of drug-likeness (QED) is 0.739. The molecule has 0 saturated heterocycles. The molecule has 7 heteroatoms. The lowest BCUT2D eigenvalue weighted by atomic mass is 10.1. The molecule has 0 N–H and O–H groups in total. The van der Waals surface area contributed by atoms with E-state index in [0.29, 0.717) is 43.2 Å². The summed E-state index contributed by atoms with van der Waals surface area (Å²) in [6, 6.07) is 0. The molecule has 2 aliphatic heterocycles. The van der Waals surface area contributed by atoms with E-state index in [1.54, 1.807) is 4.68 Å². The molecule has 1 aromatic heterocycles. The van der Waals surface area contributed by atoms with Gasteiger partial charge in [0.1, 0.15) is 19.0 Å². The van der Waals surface area contributed by atoms with Gasteiger partial charge in [-0.25, -0.2) is 0 Å². The van der Waals surface area contributed by atoms with Gasteiger partial charge in [-0.3, -0.25) is 4.79 Å². The minimum atomic E-state index is 0.445. The summed E-state index contributed by atoms with van der Waals surface area (Å²) in [6.07, 6.45) is 7.86. The van der Waals surface area contributed by atoms with Gasteiger partial charge < -0.3 is 9.47 Å². The molecule has 23 heavy (non-hydrogen) atoms. The smallest absolute Gasteiger partial charge is 0.190 e. The Hall–Kier alpha value is -2.70. The van der Waals surface area contributed by atoms with Crippen LogP contribution in [0.3, 0.4) is 0 Å². The Morgan fingerprint density at radius 1 is 1.17 bits per heavy atom. The molecule has 0 spiro atoms. The number of aldehydes is 1. The van der Waals surface area contributed by atoms with E-state index in [4.69, 9.17) is 9.47 Å². The van der Waals surface area contributed by atoms with E-state index in [1.165, 1.54) is 0 Å². The summed E-state index contributed by atoms with van der Waals surface area (Å²) in [4.78, 5) is 11.2. The number of tetrazole rings is 1. The largest absolute Gasteiger partial charge is 0.490 e. The molecular weight excluding hydrogens is 296 g/mol. The lowest BCUT2D eigenvalue weighted by molar-refractivity contribution is -0.103. The molecule has 0 saturated carbocycles. The van der Waals surface area contributed by atoms with Gasteiger partial charge in [0, 0.05) is 12.5 Å². The highest BCUT2D eigenvalue weighted by atomic mass is 16.6. The van der Waals surface area contributed by atoms with Crippen LogP contribution in [-0.4, -0.2) is 39.7 Å². The Balaban J connectivity index is 0.000000753. The minimum Gasteiger partial charge on any atom is -0.490 e. The Morgan fingerprint density at radius 3 is 2.83 bits per heavy atom. The second-order valence-corrected chi connectivity index (χ2v) is 4.84. The van der Waals surface area contributed by atoms with E-state index in [-0.39, 0.29) is 0 Å². The van der Waals surface area contributed by atoms with Crippen molar-refractivity contribution in [2.45, 2.75) is 26.7 Å². The Bertz CT molecular complexity index is 740. The van der Waals surface area contributed by atoms with Gasteiger partial charge in [0.15, 0.2) is 17.9 Å². The van der Waals surface area contributed by atoms with Crippen molar-refractivity contribution >= 4 is 17.6 Å². The summed E-state index contributed by atoms with van der Waals surface area (Å²) in [7, 11) is 0. The van der Waals surface area contributed by atoms with Crippen molar-refractivity contribution in [3.8, 4) is 0 Å². The first-order valence-corrected chi connectivity index (χ1v) is 7.71. The summed E-state index contributed by atoms with van der Waals surface area (Å²) in [5, 5.41) is 11.6. The molecule has 3 heterocycles. The number of fused-ring (bicyclic) bond motifs is 3. The van der Waals surface area contributed by atoms with Gasteiger partial charge in [0.25, 0.3) is 0 Å². The minimum absolute atomic E-state index is 0.445. The third kappa shape index (κ3) is 2.69. The van der Waals surface area contributed by atoms with E-state index in [2.05, 4.69) is 21.6 Å². The first kappa shape index (κ1) is 15.2. The molecule has 0 unspecified atom stereocenters. The lowest BCUT2D eigenvalue weighted by Gasteiger charge is -2.19. The second kappa shape index (κ2) is 6.60. The highest BCUT2D eigenvalue weighted by Gasteiger charge is 2.25. The predicted octanol–water partition coefficient (Wildman–Crippen LogP) is 2.11. The normalized spacial score (nSPS) is 18.8. The van der Waals surface area contributed by atoms with E-state index < -0.39 is 0 Å². The van der Waals surface area contributed by atoms with Gasteiger partial charge in [-0.1, -0.05) is 26.0 Å². The molecule has 1 aromatic rings. The number of rotatable bonds is 1. The number of aromatic nitrogens is 4. The predicted molar refractivity (Wildman–Crippen MR) is 83.7 cm³/mol. The fourth-order valence-electron chi connectivity index (χ4n) is 2.61. The van der Waals surface area contributed by atoms with Crippen LogP contribution in [0, 0.1) is 0 Å². The fourth-order valence-corrected chi connectivity index (χ4v) is 2.61. The number of carbonyl (C=O) groups excluding carboxylic acids is 1. The van der Waals surface area contributed by atoms with Crippen molar-refractivity contribution in [1.29, 1.82) is 0 Å². The number of carbonyl (C=O) groups is 1. The molecule has 3 aliphatic rings. The molecule has 0 aromatic carbocycles. The molecule has 0 atom stereocenters. The third-order valence-electron chi connectivity index (χ3n) is 3.65. The summed E-state index contributed by atoms with van der Waals surface area (Å²) in [6.45, 7) is 5.09. The SMILES string of the molecule is CC.O=CC1=CCC2=CCC3=C(C=C2n2nnnc21)OCCO3. The van der Waals surface area contributed by atoms with Crippen LogP contribution >= 0.6 is 0 Å². The number of nitrogens with zero attached hydrogens (tertiary/aromatic N) is 4. The maximum Gasteiger partial charge on any atom is 0.190 e. The topological polar surface area (TPSA) is 79.1 Å². The summed E-state index contributed by atoms with van der Waals surface area (Å²) in [5.74, 6) is 1.97. The maximum atomic E-state index is 11.2. The maximum absolute atomic E-state index is 11.2. The van der Waals surface area contributed by atoms with Gasteiger partial charge in [-0.05, 0) is 22.4 Å². The van der Waals surface area contributed by atoms with Crippen LogP contribution in [0.2, 0.25) is 0 Å². The Kier molecular flexibility index (Phi) is 4.36. The van der Waals surface area contributed by atoms with E-state index in [0.717, 1.165) is 23.3 Å². The fraction of sp³-hybridized carbons (Fsp3) is 0.375. The average Bonchev–Trinajstić information content (AvgIpc) is 2.94. The highest BCUT2D eigenvalue weighted by molar-refractivity contribution is 6.06. The number of ether oxygens (including phenoxy) is 2. The van der Waals surface area contributed by atoms with Crippen molar-refractivity contribution in [2.75, 3.05) is 13.2 Å². The third-order valence-corrected chi connectivity index (χ3v) is 3.65. The van der Waals surface area contributed by atoms with Crippen molar-refractivity contribution in [1.82, 2.24) is 20.2 Å². The average molecular weight is 314 g/mol. The van der Waals surface area contributed by atoms with Gasteiger partial charge in [-0.15, -0.1) is 5.10 Å². The van der Waals surface area contributed by atoms with Crippen LogP contribution < -0.4 is 0 Å². The van der Waals surface area contributed by atoms with Crippen LogP contribution in [0.4, 0.5) is 0 Å². The van der Waals surface area contributed by atoms with Crippen molar-refractivity contribution < 1.29 is 14.3 Å². The molecule has 0 bridgehead atoms. The molecule has 4 rings (SSSR count). The van der Waals surface area contributed by atoms with Gasteiger partial charge in [0.05, 0.1) is 11.3 Å². The first-order chi connectivity index (χ1) is 11.4. The molecule has 120 valence electrons. The van der Waals surface area contributed by atoms with Crippen LogP contribution in [0.15, 0.2) is 35.3 Å². The van der Waals surface area contributed by atoms with Gasteiger partial charge in [-0.2, -0.15) is 4.68 Å². The number of allylic oxidation sites excluding steroid dienone is 6. The highest BCUT2D eigenvalue weighted by Crippen LogP contribution is 2.33. The van der Waals surface area contributed by atoms with Crippen LogP contribution in [0.25, 0.3) is 11.3 Å². The molecule has 0 fully saturated rings. The standard InChI is InChI=1S/C14H12N4O3.C2H6/c19-8-10-2-1-9-3-4-12-13(21-6-5-20-12)7-11(9)18-14(10)15-16-17-18;1-2/h2-3,7-8H,1,4-6H2;1-2H3. The van der Waals surface area contributed by atoms with E-state index in [9.17, 15) is 4.79 Å². The lowest BCUT2D eigenvalue weighted by Crippen LogP contribution is -2.13. The summed E-state index contributed by atoms with van der Waals surface area (Å²) in [5.41, 5.74) is 2.35. The molecule has 1 aliphatic carbocycles. The summed E-state index contributed by atoms with van der Waals surface area (Å²) >= 11 is 0. The second-order valence-electron chi connectivity index (χ2n) is 4.84. The molecule has 0 amide bonds. The van der Waals surface area contributed by atoms with Crippen LogP contribution in [0.5, 0.6) is 0 Å².